The highest BCUT2D eigenvalue weighted by Crippen LogP contribution is 2.37. The minimum absolute atomic E-state index is 0.125. The summed E-state index contributed by atoms with van der Waals surface area (Å²) in [6.45, 7) is 1.99. The molecule has 1 aromatic heterocycles. The molecule has 20 heavy (non-hydrogen) atoms. The maximum Gasteiger partial charge on any atom is 0.272 e. The molecule has 0 saturated heterocycles. The van der Waals surface area contributed by atoms with Crippen molar-refractivity contribution < 1.29 is 4.79 Å². The molecule has 104 valence electrons. The topological polar surface area (TPSA) is 60.1 Å². The largest absolute Gasteiger partial charge is 0.397 e. The van der Waals surface area contributed by atoms with E-state index in [4.69, 9.17) is 5.73 Å². The van der Waals surface area contributed by atoms with Gasteiger partial charge in [-0.2, -0.15) is 0 Å². The third-order valence-electron chi connectivity index (χ3n) is 3.48. The molecule has 1 aliphatic rings. The van der Waals surface area contributed by atoms with Gasteiger partial charge in [0.05, 0.1) is 11.4 Å². The second-order valence-electron chi connectivity index (χ2n) is 5.19. The van der Waals surface area contributed by atoms with Gasteiger partial charge in [-0.25, -0.2) is 0 Å². The average molecular weight is 334 g/mol. The van der Waals surface area contributed by atoms with E-state index in [1.807, 2.05) is 35.9 Å². The number of hydrogen-bond donors (Lipinski definition) is 2. The molecule has 1 saturated carbocycles. The molecule has 5 heteroatoms. The number of hydrogen-bond acceptors (Lipinski definition) is 2. The highest BCUT2D eigenvalue weighted by atomic mass is 79.9. The van der Waals surface area contributed by atoms with E-state index in [-0.39, 0.29) is 5.91 Å². The zero-order valence-corrected chi connectivity index (χ0v) is 12.8. The zero-order chi connectivity index (χ0) is 14.3. The van der Waals surface area contributed by atoms with Gasteiger partial charge in [0.15, 0.2) is 0 Å². The van der Waals surface area contributed by atoms with E-state index in [9.17, 15) is 4.79 Å². The first-order valence-electron chi connectivity index (χ1n) is 6.60. The summed E-state index contributed by atoms with van der Waals surface area (Å²) in [5.41, 5.74) is 8.93. The number of amides is 1. The molecule has 0 spiro atoms. The third kappa shape index (κ3) is 2.45. The van der Waals surface area contributed by atoms with Crippen molar-refractivity contribution in [3.05, 3.63) is 46.2 Å². The van der Waals surface area contributed by atoms with Crippen molar-refractivity contribution in [1.29, 1.82) is 0 Å². The minimum atomic E-state index is -0.125. The van der Waals surface area contributed by atoms with E-state index >= 15 is 0 Å². The van der Waals surface area contributed by atoms with Crippen LogP contribution in [0.5, 0.6) is 0 Å². The predicted octanol–water partition coefficient (Wildman–Crippen LogP) is 3.73. The molecule has 0 atom stereocenters. The van der Waals surface area contributed by atoms with Gasteiger partial charge in [-0.05, 0) is 53.4 Å². The summed E-state index contributed by atoms with van der Waals surface area (Å²) in [5.74, 6) is -0.125. The number of aromatic nitrogens is 1. The van der Waals surface area contributed by atoms with Gasteiger partial charge in [-0.3, -0.25) is 4.79 Å². The van der Waals surface area contributed by atoms with Crippen LogP contribution in [0, 0.1) is 6.92 Å². The molecule has 0 aliphatic heterocycles. The van der Waals surface area contributed by atoms with Crippen LogP contribution in [0.25, 0.3) is 0 Å². The van der Waals surface area contributed by atoms with Crippen LogP contribution in [-0.4, -0.2) is 10.5 Å². The van der Waals surface area contributed by atoms with Gasteiger partial charge in [0.2, 0.25) is 0 Å². The predicted molar refractivity (Wildman–Crippen MR) is 83.9 cm³/mol. The fourth-order valence-electron chi connectivity index (χ4n) is 2.27. The number of nitrogens with one attached hydrogen (secondary N) is 1. The van der Waals surface area contributed by atoms with Crippen LogP contribution >= 0.6 is 15.9 Å². The number of carbonyl (C=O) groups is 1. The fraction of sp³-hybridized carbons (Fsp3) is 0.267. The standard InChI is InChI=1S/C15H16BrN3O/c1-9-3-2-4-12(14(9)16)18-15(20)13-7-10(17)8-19(13)11-5-6-11/h2-4,7-8,11H,5-6,17H2,1H3,(H,18,20). The van der Waals surface area contributed by atoms with E-state index in [0.29, 0.717) is 17.4 Å². The number of nitrogens with zero attached hydrogens (tertiary/aromatic N) is 1. The first-order chi connectivity index (χ1) is 9.56. The van der Waals surface area contributed by atoms with Crippen LogP contribution in [0.3, 0.4) is 0 Å². The Labute approximate surface area is 126 Å². The second-order valence-corrected chi connectivity index (χ2v) is 5.98. The lowest BCUT2D eigenvalue weighted by molar-refractivity contribution is 0.101. The van der Waals surface area contributed by atoms with Gasteiger partial charge in [0, 0.05) is 16.7 Å². The molecule has 0 bridgehead atoms. The maximum absolute atomic E-state index is 12.4. The van der Waals surface area contributed by atoms with Crippen LogP contribution in [0.4, 0.5) is 11.4 Å². The molecule has 3 N–H and O–H groups in total. The van der Waals surface area contributed by atoms with Crippen molar-refractivity contribution in [2.75, 3.05) is 11.1 Å². The molecule has 0 radical (unpaired) electrons. The molecular formula is C15H16BrN3O. The van der Waals surface area contributed by atoms with Gasteiger partial charge in [-0.1, -0.05) is 12.1 Å². The Kier molecular flexibility index (Phi) is 3.30. The number of carbonyl (C=O) groups excluding carboxylic acids is 1. The Balaban J connectivity index is 1.88. The van der Waals surface area contributed by atoms with Gasteiger partial charge >= 0.3 is 0 Å². The summed E-state index contributed by atoms with van der Waals surface area (Å²) in [6.07, 6.45) is 4.07. The normalized spacial score (nSPS) is 14.3. The molecule has 1 amide bonds. The molecule has 0 unspecified atom stereocenters. The molecular weight excluding hydrogens is 318 g/mol. The lowest BCUT2D eigenvalue weighted by Gasteiger charge is -2.11. The van der Waals surface area contributed by atoms with E-state index in [2.05, 4.69) is 21.2 Å². The minimum Gasteiger partial charge on any atom is -0.397 e. The summed E-state index contributed by atoms with van der Waals surface area (Å²) >= 11 is 3.50. The van der Waals surface area contributed by atoms with Crippen molar-refractivity contribution in [1.82, 2.24) is 4.57 Å². The molecule has 1 fully saturated rings. The maximum atomic E-state index is 12.4. The highest BCUT2D eigenvalue weighted by molar-refractivity contribution is 9.10. The fourth-order valence-corrected chi connectivity index (χ4v) is 2.63. The molecule has 3 rings (SSSR count). The smallest absolute Gasteiger partial charge is 0.272 e. The summed E-state index contributed by atoms with van der Waals surface area (Å²) < 4.78 is 2.89. The monoisotopic (exact) mass is 333 g/mol. The first-order valence-corrected chi connectivity index (χ1v) is 7.39. The van der Waals surface area contributed by atoms with Gasteiger partial charge < -0.3 is 15.6 Å². The molecule has 4 nitrogen and oxygen atoms in total. The highest BCUT2D eigenvalue weighted by Gasteiger charge is 2.27. The Morgan fingerprint density at radius 1 is 1.45 bits per heavy atom. The van der Waals surface area contributed by atoms with Crippen molar-refractivity contribution in [3.63, 3.8) is 0 Å². The Hall–Kier alpha value is -1.75. The van der Waals surface area contributed by atoms with Crippen LogP contribution in [-0.2, 0) is 0 Å². The number of benzene rings is 1. The van der Waals surface area contributed by atoms with Gasteiger partial charge in [-0.15, -0.1) is 0 Å². The SMILES string of the molecule is Cc1cccc(NC(=O)c2cc(N)cn2C2CC2)c1Br. The number of halogens is 1. The van der Waals surface area contributed by atoms with Crippen LogP contribution in [0.1, 0.15) is 34.9 Å². The number of anilines is 2. The average Bonchev–Trinajstić information content (AvgIpc) is 3.18. The number of aryl methyl sites for hydroxylation is 1. The zero-order valence-electron chi connectivity index (χ0n) is 11.2. The van der Waals surface area contributed by atoms with E-state index in [0.717, 1.165) is 28.6 Å². The van der Waals surface area contributed by atoms with Crippen LogP contribution in [0.15, 0.2) is 34.9 Å². The molecule has 1 heterocycles. The van der Waals surface area contributed by atoms with E-state index in [1.54, 1.807) is 6.07 Å². The second kappa shape index (κ2) is 4.98. The quantitative estimate of drug-likeness (QED) is 0.898. The Bertz CT molecular complexity index is 674. The van der Waals surface area contributed by atoms with E-state index < -0.39 is 0 Å². The summed E-state index contributed by atoms with van der Waals surface area (Å²) in [4.78, 5) is 12.4. The lowest BCUT2D eigenvalue weighted by Crippen LogP contribution is -2.16. The van der Waals surface area contributed by atoms with E-state index in [1.165, 1.54) is 0 Å². The van der Waals surface area contributed by atoms with Crippen molar-refractivity contribution in [3.8, 4) is 0 Å². The van der Waals surface area contributed by atoms with Gasteiger partial charge in [0.1, 0.15) is 5.69 Å². The van der Waals surface area contributed by atoms with Gasteiger partial charge in [0.25, 0.3) is 5.91 Å². The summed E-state index contributed by atoms with van der Waals surface area (Å²) in [5, 5.41) is 2.94. The first kappa shape index (κ1) is 13.2. The Morgan fingerprint density at radius 2 is 2.20 bits per heavy atom. The Morgan fingerprint density at radius 3 is 2.90 bits per heavy atom. The lowest BCUT2D eigenvalue weighted by atomic mass is 10.2. The number of nitrogens with two attached hydrogens (primary N) is 1. The van der Waals surface area contributed by atoms with Crippen LogP contribution < -0.4 is 11.1 Å². The molecule has 2 aromatic rings. The van der Waals surface area contributed by atoms with Crippen molar-refractivity contribution in [2.24, 2.45) is 0 Å². The molecule has 1 aromatic carbocycles. The molecule has 1 aliphatic carbocycles. The number of rotatable bonds is 3. The summed E-state index contributed by atoms with van der Waals surface area (Å²) in [7, 11) is 0. The van der Waals surface area contributed by atoms with Crippen molar-refractivity contribution in [2.45, 2.75) is 25.8 Å². The number of nitrogen functional groups attached to an aromatic ring is 1. The third-order valence-corrected chi connectivity index (χ3v) is 4.54. The van der Waals surface area contributed by atoms with Crippen molar-refractivity contribution >= 4 is 33.2 Å². The summed E-state index contributed by atoms with van der Waals surface area (Å²) in [6, 6.07) is 7.95. The van der Waals surface area contributed by atoms with Crippen LogP contribution in [0.2, 0.25) is 0 Å².